The second kappa shape index (κ2) is 9.72. The molecule has 5 aromatic carbocycles. The van der Waals surface area contributed by atoms with Crippen LogP contribution in [0.1, 0.15) is 22.7 Å². The number of phenolic OH excluding ortho intramolecular Hbond substituents is 2. The molecule has 194 valence electrons. The third-order valence-corrected chi connectivity index (χ3v) is 7.23. The SMILES string of the molecule is COc1ccc(O)c([C@@H](c2ccccc2OC)c2[nH]c3cc(F)ccc3c2-c2c(O)ccc3ccccc23)c1. The third-order valence-electron chi connectivity index (χ3n) is 7.23. The molecule has 0 aliphatic carbocycles. The number of hydrogen-bond donors (Lipinski definition) is 3. The van der Waals surface area contributed by atoms with Gasteiger partial charge in [-0.15, -0.1) is 0 Å². The normalized spacial score (nSPS) is 12.1. The predicted molar refractivity (Wildman–Crippen MR) is 151 cm³/mol. The van der Waals surface area contributed by atoms with E-state index in [4.69, 9.17) is 9.47 Å². The van der Waals surface area contributed by atoms with Crippen LogP contribution in [0.15, 0.2) is 97.1 Å². The molecule has 0 aliphatic rings. The van der Waals surface area contributed by atoms with E-state index in [0.717, 1.165) is 21.7 Å². The Morgan fingerprint density at radius 3 is 2.28 bits per heavy atom. The number of halogens is 1. The first kappa shape index (κ1) is 24.4. The lowest BCUT2D eigenvalue weighted by molar-refractivity contribution is 0.405. The monoisotopic (exact) mass is 519 g/mol. The number of ether oxygens (including phenoxy) is 2. The van der Waals surface area contributed by atoms with Gasteiger partial charge < -0.3 is 24.7 Å². The summed E-state index contributed by atoms with van der Waals surface area (Å²) in [6.45, 7) is 0. The summed E-state index contributed by atoms with van der Waals surface area (Å²) < 4.78 is 25.8. The molecule has 0 bridgehead atoms. The van der Waals surface area contributed by atoms with Gasteiger partial charge in [0.15, 0.2) is 0 Å². The molecule has 3 N–H and O–H groups in total. The van der Waals surface area contributed by atoms with Gasteiger partial charge in [0.2, 0.25) is 0 Å². The van der Waals surface area contributed by atoms with Gasteiger partial charge in [-0.3, -0.25) is 0 Å². The van der Waals surface area contributed by atoms with Gasteiger partial charge in [0, 0.05) is 38.9 Å². The highest BCUT2D eigenvalue weighted by Gasteiger charge is 2.30. The van der Waals surface area contributed by atoms with Gasteiger partial charge in [-0.2, -0.15) is 0 Å². The van der Waals surface area contributed by atoms with Crippen LogP contribution in [-0.4, -0.2) is 29.4 Å². The van der Waals surface area contributed by atoms with E-state index in [1.807, 2.05) is 54.6 Å². The van der Waals surface area contributed by atoms with Crippen LogP contribution >= 0.6 is 0 Å². The average Bonchev–Trinajstić information content (AvgIpc) is 3.31. The lowest BCUT2D eigenvalue weighted by atomic mass is 9.83. The maximum absolute atomic E-state index is 14.5. The molecule has 0 saturated carbocycles. The number of nitrogens with one attached hydrogen (secondary N) is 1. The van der Waals surface area contributed by atoms with Crippen LogP contribution in [-0.2, 0) is 0 Å². The molecule has 0 unspecified atom stereocenters. The number of para-hydroxylation sites is 1. The number of fused-ring (bicyclic) bond motifs is 2. The van der Waals surface area contributed by atoms with Crippen molar-refractivity contribution in [1.82, 2.24) is 4.98 Å². The zero-order valence-corrected chi connectivity index (χ0v) is 21.4. The molecular formula is C33H26FNO4. The molecule has 0 radical (unpaired) electrons. The van der Waals surface area contributed by atoms with Crippen LogP contribution in [0, 0.1) is 5.82 Å². The molecule has 39 heavy (non-hydrogen) atoms. The molecule has 6 aromatic rings. The first-order valence-electron chi connectivity index (χ1n) is 12.5. The van der Waals surface area contributed by atoms with Gasteiger partial charge in [0.05, 0.1) is 20.1 Å². The second-order valence-electron chi connectivity index (χ2n) is 9.38. The molecule has 6 rings (SSSR count). The molecule has 0 aliphatic heterocycles. The molecular weight excluding hydrogens is 493 g/mol. The summed E-state index contributed by atoms with van der Waals surface area (Å²) in [6, 6.07) is 28.5. The van der Waals surface area contributed by atoms with Crippen LogP contribution in [0.2, 0.25) is 0 Å². The summed E-state index contributed by atoms with van der Waals surface area (Å²) in [5.74, 6) is 0.350. The minimum atomic E-state index is -0.597. The van der Waals surface area contributed by atoms with Gasteiger partial charge in [0.1, 0.15) is 28.8 Å². The highest BCUT2D eigenvalue weighted by atomic mass is 19.1. The van der Waals surface area contributed by atoms with E-state index in [1.54, 1.807) is 44.6 Å². The Kier molecular flexibility index (Phi) is 6.08. The molecule has 0 saturated heterocycles. The van der Waals surface area contributed by atoms with E-state index in [-0.39, 0.29) is 17.3 Å². The number of benzene rings is 5. The molecule has 1 heterocycles. The minimum absolute atomic E-state index is 0.0598. The van der Waals surface area contributed by atoms with Crippen molar-refractivity contribution in [2.24, 2.45) is 0 Å². The zero-order valence-electron chi connectivity index (χ0n) is 21.4. The highest BCUT2D eigenvalue weighted by molar-refractivity contribution is 6.09. The fraction of sp³-hybridized carbons (Fsp3) is 0.0909. The van der Waals surface area contributed by atoms with Crippen molar-refractivity contribution in [1.29, 1.82) is 0 Å². The molecule has 0 amide bonds. The van der Waals surface area contributed by atoms with E-state index in [9.17, 15) is 14.6 Å². The summed E-state index contributed by atoms with van der Waals surface area (Å²) in [5, 5.41) is 25.0. The van der Waals surface area contributed by atoms with Crippen LogP contribution in [0.25, 0.3) is 32.8 Å². The van der Waals surface area contributed by atoms with Crippen molar-refractivity contribution < 1.29 is 24.1 Å². The number of phenols is 2. The van der Waals surface area contributed by atoms with Gasteiger partial charge in [-0.25, -0.2) is 4.39 Å². The van der Waals surface area contributed by atoms with Crippen LogP contribution in [0.5, 0.6) is 23.0 Å². The maximum atomic E-state index is 14.5. The van der Waals surface area contributed by atoms with Crippen LogP contribution in [0.4, 0.5) is 4.39 Å². The van der Waals surface area contributed by atoms with Gasteiger partial charge >= 0.3 is 0 Å². The maximum Gasteiger partial charge on any atom is 0.125 e. The van der Waals surface area contributed by atoms with Crippen LogP contribution in [0.3, 0.4) is 0 Å². The molecule has 5 nitrogen and oxygen atoms in total. The third kappa shape index (κ3) is 4.10. The second-order valence-corrected chi connectivity index (χ2v) is 9.38. The zero-order chi connectivity index (χ0) is 27.1. The van der Waals surface area contributed by atoms with E-state index in [2.05, 4.69) is 4.98 Å². The number of hydrogen-bond acceptors (Lipinski definition) is 4. The minimum Gasteiger partial charge on any atom is -0.508 e. The number of aromatic amines is 1. The number of H-pyrrole nitrogens is 1. The summed E-state index contributed by atoms with van der Waals surface area (Å²) in [6.07, 6.45) is 0. The average molecular weight is 520 g/mol. The lowest BCUT2D eigenvalue weighted by Crippen LogP contribution is -2.08. The van der Waals surface area contributed by atoms with Gasteiger partial charge in [-0.05, 0) is 59.3 Å². The molecule has 6 heteroatoms. The first-order chi connectivity index (χ1) is 19.0. The largest absolute Gasteiger partial charge is 0.508 e. The fourth-order valence-corrected chi connectivity index (χ4v) is 5.47. The van der Waals surface area contributed by atoms with Crippen molar-refractivity contribution in [2.75, 3.05) is 14.2 Å². The molecule has 1 atom stereocenters. The Morgan fingerprint density at radius 1 is 0.692 bits per heavy atom. The Hall–Kier alpha value is -4.97. The van der Waals surface area contributed by atoms with E-state index < -0.39 is 5.92 Å². The summed E-state index contributed by atoms with van der Waals surface area (Å²) >= 11 is 0. The van der Waals surface area contributed by atoms with Crippen molar-refractivity contribution >= 4 is 21.7 Å². The number of rotatable bonds is 6. The van der Waals surface area contributed by atoms with E-state index in [1.165, 1.54) is 12.1 Å². The standard InChI is InChI=1S/C33H26FNO4/c1-38-21-13-16-27(36)25(18-21)30(24-9-5-6-10-29(24)39-2)33-32(23-14-12-20(34)17-26(23)35-33)31-22-8-4-3-7-19(22)11-15-28(31)37/h3-18,30,35-37H,1-2H3/t30-/m1/s1. The molecule has 1 aromatic heterocycles. The Balaban J connectivity index is 1.78. The topological polar surface area (TPSA) is 74.7 Å². The van der Waals surface area contributed by atoms with Crippen molar-refractivity contribution in [3.05, 3.63) is 120 Å². The number of methoxy groups -OCH3 is 2. The lowest BCUT2D eigenvalue weighted by Gasteiger charge is -2.23. The summed E-state index contributed by atoms with van der Waals surface area (Å²) in [7, 11) is 3.17. The predicted octanol–water partition coefficient (Wildman–Crippen LogP) is 7.74. The Morgan fingerprint density at radius 2 is 1.46 bits per heavy atom. The quantitative estimate of drug-likeness (QED) is 0.210. The molecule has 0 fully saturated rings. The highest BCUT2D eigenvalue weighted by Crippen LogP contribution is 2.49. The van der Waals surface area contributed by atoms with E-state index in [0.29, 0.717) is 39.4 Å². The van der Waals surface area contributed by atoms with Crippen LogP contribution < -0.4 is 9.47 Å². The smallest absolute Gasteiger partial charge is 0.125 e. The summed E-state index contributed by atoms with van der Waals surface area (Å²) in [4.78, 5) is 3.45. The van der Waals surface area contributed by atoms with Gasteiger partial charge in [-0.1, -0.05) is 48.5 Å². The molecule has 0 spiro atoms. The van der Waals surface area contributed by atoms with Crippen molar-refractivity contribution in [3.8, 4) is 34.1 Å². The van der Waals surface area contributed by atoms with Gasteiger partial charge in [0.25, 0.3) is 0 Å². The van der Waals surface area contributed by atoms with Crippen molar-refractivity contribution in [2.45, 2.75) is 5.92 Å². The fourth-order valence-electron chi connectivity index (χ4n) is 5.47. The first-order valence-corrected chi connectivity index (χ1v) is 12.5. The number of aromatic hydroxyl groups is 2. The number of aromatic nitrogens is 1. The Bertz CT molecular complexity index is 1840. The van der Waals surface area contributed by atoms with E-state index >= 15 is 0 Å². The Labute approximate surface area is 224 Å². The van der Waals surface area contributed by atoms with Crippen molar-refractivity contribution in [3.63, 3.8) is 0 Å². The summed E-state index contributed by atoms with van der Waals surface area (Å²) in [5.41, 5.74) is 3.88.